The molecule has 1 aromatic carbocycles. The highest BCUT2D eigenvalue weighted by atomic mass is 32.2. The number of benzene rings is 1. The number of nitrogens with zero attached hydrogens (tertiary/aromatic N) is 4. The first-order valence-corrected chi connectivity index (χ1v) is 12.7. The van der Waals surface area contributed by atoms with E-state index < -0.39 is 15.8 Å². The summed E-state index contributed by atoms with van der Waals surface area (Å²) < 4.78 is 42.5. The lowest BCUT2D eigenvalue weighted by Gasteiger charge is -2.27. The Morgan fingerprint density at radius 1 is 1.21 bits per heavy atom. The van der Waals surface area contributed by atoms with E-state index in [1.54, 1.807) is 16.6 Å². The number of aryl methyl sites for hydroxylation is 1. The average molecular weight is 474 g/mol. The van der Waals surface area contributed by atoms with Crippen LogP contribution < -0.4 is 4.72 Å². The number of sulfonamides is 1. The Bertz CT molecular complexity index is 1300. The number of halogens is 1. The van der Waals surface area contributed by atoms with E-state index >= 15 is 0 Å². The fourth-order valence-corrected chi connectivity index (χ4v) is 4.98. The second kappa shape index (κ2) is 9.18. The molecule has 2 aromatic heterocycles. The number of likely N-dealkylation sites (tertiary alicyclic amines) is 1. The van der Waals surface area contributed by atoms with Crippen molar-refractivity contribution in [2.45, 2.75) is 56.9 Å². The summed E-state index contributed by atoms with van der Waals surface area (Å²) in [5.41, 5.74) is 2.06. The molecule has 1 fully saturated rings. The van der Waals surface area contributed by atoms with Gasteiger partial charge in [-0.05, 0) is 57.5 Å². The lowest BCUT2D eigenvalue weighted by atomic mass is 10.1. The monoisotopic (exact) mass is 473 g/mol. The van der Waals surface area contributed by atoms with Gasteiger partial charge in [0.15, 0.2) is 5.65 Å². The minimum atomic E-state index is -3.76. The average Bonchev–Trinajstić information content (AvgIpc) is 3.12. The van der Waals surface area contributed by atoms with Crippen LogP contribution in [0, 0.1) is 5.82 Å². The first-order chi connectivity index (χ1) is 15.7. The maximum absolute atomic E-state index is 14.8. The highest BCUT2D eigenvalue weighted by Gasteiger charge is 2.25. The Hall–Kier alpha value is -2.85. The maximum atomic E-state index is 14.8. The number of carbonyl (C=O) groups excluding carboxylic acids is 1. The van der Waals surface area contributed by atoms with E-state index in [4.69, 9.17) is 0 Å². The molecule has 176 valence electrons. The molecule has 0 bridgehead atoms. The van der Waals surface area contributed by atoms with Crippen LogP contribution in [0.1, 0.15) is 55.7 Å². The highest BCUT2D eigenvalue weighted by Crippen LogP contribution is 2.26. The van der Waals surface area contributed by atoms with Gasteiger partial charge in [0.25, 0.3) is 5.91 Å². The van der Waals surface area contributed by atoms with Gasteiger partial charge in [-0.15, -0.1) is 0 Å². The Labute approximate surface area is 192 Å². The molecule has 4 rings (SSSR count). The molecule has 1 saturated heterocycles. The van der Waals surface area contributed by atoms with Crippen molar-refractivity contribution in [3.05, 3.63) is 47.5 Å². The summed E-state index contributed by atoms with van der Waals surface area (Å²) in [6.45, 7) is 4.74. The lowest BCUT2D eigenvalue weighted by Crippen LogP contribution is -2.38. The van der Waals surface area contributed by atoms with Gasteiger partial charge >= 0.3 is 0 Å². The number of carbonyl (C=O) groups is 1. The lowest BCUT2D eigenvalue weighted by molar-refractivity contribution is 0.0692. The number of amides is 1. The fraction of sp³-hybridized carbons (Fsp3) is 0.435. The van der Waals surface area contributed by atoms with Crippen LogP contribution in [0.25, 0.3) is 16.9 Å². The van der Waals surface area contributed by atoms with Gasteiger partial charge in [0.2, 0.25) is 10.0 Å². The minimum Gasteiger partial charge on any atom is -0.335 e. The normalized spacial score (nSPS) is 17.3. The van der Waals surface area contributed by atoms with Crippen LogP contribution in [0.5, 0.6) is 0 Å². The van der Waals surface area contributed by atoms with Crippen molar-refractivity contribution >= 4 is 21.6 Å². The topological polar surface area (TPSA) is 96.7 Å². The van der Waals surface area contributed by atoms with Crippen LogP contribution in [0.15, 0.2) is 35.2 Å². The molecule has 1 N–H and O–H groups in total. The van der Waals surface area contributed by atoms with Crippen LogP contribution in [0.3, 0.4) is 0 Å². The summed E-state index contributed by atoms with van der Waals surface area (Å²) in [6.07, 6.45) is 4.80. The van der Waals surface area contributed by atoms with Gasteiger partial charge in [0, 0.05) is 29.9 Å². The van der Waals surface area contributed by atoms with Gasteiger partial charge in [0.05, 0.1) is 10.6 Å². The maximum Gasteiger partial charge on any atom is 0.272 e. The van der Waals surface area contributed by atoms with Gasteiger partial charge < -0.3 is 4.90 Å². The standard InChI is InChI=1S/C23H28FN5O3S/c1-4-16-12-21(23(30)28-11-7-5-6-8-15(28)2)26-22-14-20(27-29(16)22)18-10-9-17(13-19(18)24)33(31,32)25-3/h9-10,12-15,25H,4-8,11H2,1-3H3. The number of rotatable bonds is 5. The zero-order chi connectivity index (χ0) is 23.8. The summed E-state index contributed by atoms with van der Waals surface area (Å²) in [6, 6.07) is 7.21. The van der Waals surface area contributed by atoms with Crippen molar-refractivity contribution in [1.29, 1.82) is 0 Å². The molecule has 0 aliphatic carbocycles. The van der Waals surface area contributed by atoms with Crippen LogP contribution in [0.2, 0.25) is 0 Å². The molecule has 3 aromatic rings. The second-order valence-electron chi connectivity index (χ2n) is 8.33. The molecule has 33 heavy (non-hydrogen) atoms. The Kier molecular flexibility index (Phi) is 6.49. The SMILES string of the molecule is CCc1cc(C(=O)N2CCCCCC2C)nc2cc(-c3ccc(S(=O)(=O)NC)cc3F)nn12. The number of hydrogen-bond acceptors (Lipinski definition) is 5. The van der Waals surface area contributed by atoms with Crippen molar-refractivity contribution < 1.29 is 17.6 Å². The molecule has 0 spiro atoms. The van der Waals surface area contributed by atoms with Crippen LogP contribution in [-0.4, -0.2) is 53.5 Å². The Morgan fingerprint density at radius 2 is 2.00 bits per heavy atom. The van der Waals surface area contributed by atoms with E-state index in [1.807, 2.05) is 11.8 Å². The van der Waals surface area contributed by atoms with Crippen molar-refractivity contribution in [3.63, 3.8) is 0 Å². The Balaban J connectivity index is 1.74. The molecule has 10 heteroatoms. The van der Waals surface area contributed by atoms with E-state index in [1.165, 1.54) is 19.2 Å². The zero-order valence-electron chi connectivity index (χ0n) is 19.0. The third-order valence-corrected chi connectivity index (χ3v) is 7.60. The van der Waals surface area contributed by atoms with E-state index in [-0.39, 0.29) is 22.4 Å². The molecule has 1 atom stereocenters. The molecule has 0 radical (unpaired) electrons. The number of aromatic nitrogens is 3. The summed E-state index contributed by atoms with van der Waals surface area (Å²) in [5, 5.41) is 4.49. The minimum absolute atomic E-state index is 0.0999. The molecular weight excluding hydrogens is 445 g/mol. The molecule has 1 aliphatic heterocycles. The number of hydrogen-bond donors (Lipinski definition) is 1. The smallest absolute Gasteiger partial charge is 0.272 e. The van der Waals surface area contributed by atoms with Crippen molar-refractivity contribution in [1.82, 2.24) is 24.2 Å². The van der Waals surface area contributed by atoms with Crippen molar-refractivity contribution in [2.75, 3.05) is 13.6 Å². The first-order valence-electron chi connectivity index (χ1n) is 11.2. The molecule has 8 nitrogen and oxygen atoms in total. The predicted octanol–water partition coefficient (Wildman–Crippen LogP) is 3.41. The molecule has 1 amide bonds. The molecule has 1 aliphatic rings. The quantitative estimate of drug-likeness (QED) is 0.613. The highest BCUT2D eigenvalue weighted by molar-refractivity contribution is 7.89. The summed E-state index contributed by atoms with van der Waals surface area (Å²) in [4.78, 5) is 19.6. The number of nitrogens with one attached hydrogen (secondary N) is 1. The third-order valence-electron chi connectivity index (χ3n) is 6.19. The summed E-state index contributed by atoms with van der Waals surface area (Å²) in [5.74, 6) is -0.806. The van der Waals surface area contributed by atoms with Gasteiger partial charge in [-0.2, -0.15) is 5.10 Å². The largest absolute Gasteiger partial charge is 0.335 e. The van der Waals surface area contributed by atoms with Gasteiger partial charge in [-0.3, -0.25) is 4.79 Å². The van der Waals surface area contributed by atoms with Crippen LogP contribution >= 0.6 is 0 Å². The molecule has 1 unspecified atom stereocenters. The van der Waals surface area contributed by atoms with E-state index in [0.29, 0.717) is 30.0 Å². The van der Waals surface area contributed by atoms with Crippen LogP contribution in [0.4, 0.5) is 4.39 Å². The van der Waals surface area contributed by atoms with E-state index in [9.17, 15) is 17.6 Å². The van der Waals surface area contributed by atoms with Crippen molar-refractivity contribution in [2.24, 2.45) is 0 Å². The zero-order valence-corrected chi connectivity index (χ0v) is 19.8. The second-order valence-corrected chi connectivity index (χ2v) is 10.2. The van der Waals surface area contributed by atoms with Gasteiger partial charge in [0.1, 0.15) is 11.5 Å². The van der Waals surface area contributed by atoms with E-state index in [0.717, 1.165) is 37.4 Å². The summed E-state index contributed by atoms with van der Waals surface area (Å²) >= 11 is 0. The fourth-order valence-electron chi connectivity index (χ4n) is 4.24. The van der Waals surface area contributed by atoms with Crippen molar-refractivity contribution in [3.8, 4) is 11.3 Å². The number of fused-ring (bicyclic) bond motifs is 1. The molecule has 3 heterocycles. The van der Waals surface area contributed by atoms with Gasteiger partial charge in [-0.25, -0.2) is 27.0 Å². The Morgan fingerprint density at radius 3 is 2.70 bits per heavy atom. The summed E-state index contributed by atoms with van der Waals surface area (Å²) in [7, 11) is -2.49. The van der Waals surface area contributed by atoms with Crippen LogP contribution in [-0.2, 0) is 16.4 Å². The molecular formula is C23H28FN5O3S. The third kappa shape index (κ3) is 4.49. The predicted molar refractivity (Wildman–Crippen MR) is 123 cm³/mol. The first kappa shape index (κ1) is 23.3. The van der Waals surface area contributed by atoms with E-state index in [2.05, 4.69) is 21.7 Å². The van der Waals surface area contributed by atoms with Gasteiger partial charge in [-0.1, -0.05) is 19.8 Å². The molecule has 0 saturated carbocycles.